The normalized spacial score (nSPS) is 12.2. The number of hydrogen-bond donors (Lipinski definition) is 0. The second-order valence-electron chi connectivity index (χ2n) is 5.07. The van der Waals surface area contributed by atoms with E-state index in [1.807, 2.05) is 54.3 Å². The second kappa shape index (κ2) is 5.74. The molecule has 2 heterocycles. The summed E-state index contributed by atoms with van der Waals surface area (Å²) in [6, 6.07) is 11.7. The van der Waals surface area contributed by atoms with Crippen LogP contribution in [0.3, 0.4) is 0 Å². The molecule has 0 aliphatic rings. The van der Waals surface area contributed by atoms with Crippen LogP contribution in [0.25, 0.3) is 11.0 Å². The Bertz CT molecular complexity index is 885. The average molecular weight is 309 g/mol. The van der Waals surface area contributed by atoms with E-state index in [9.17, 15) is 10.1 Å². The molecule has 0 fully saturated rings. The van der Waals surface area contributed by atoms with Crippen molar-refractivity contribution < 1.29 is 4.79 Å². The largest absolute Gasteiger partial charge is 0.330 e. The van der Waals surface area contributed by atoms with E-state index in [4.69, 9.17) is 0 Å². The Morgan fingerprint density at radius 1 is 1.41 bits per heavy atom. The fraction of sp³-hybridized carbons (Fsp3) is 0.235. The molecular weight excluding hydrogens is 294 g/mol. The van der Waals surface area contributed by atoms with E-state index in [1.165, 1.54) is 11.3 Å². The highest BCUT2D eigenvalue weighted by atomic mass is 32.1. The fourth-order valence-corrected chi connectivity index (χ4v) is 3.58. The van der Waals surface area contributed by atoms with Gasteiger partial charge in [0.2, 0.25) is 0 Å². The molecule has 110 valence electrons. The van der Waals surface area contributed by atoms with Crippen LogP contribution in [0, 0.1) is 11.3 Å². The molecule has 0 saturated carbocycles. The van der Waals surface area contributed by atoms with Crippen LogP contribution in [0.4, 0.5) is 0 Å². The van der Waals surface area contributed by atoms with Gasteiger partial charge < -0.3 is 4.57 Å². The van der Waals surface area contributed by atoms with E-state index in [-0.39, 0.29) is 5.78 Å². The third-order valence-corrected chi connectivity index (χ3v) is 4.79. The highest BCUT2D eigenvalue weighted by Crippen LogP contribution is 2.27. The maximum Gasteiger partial charge on any atom is 0.197 e. The number of benzene rings is 1. The highest BCUT2D eigenvalue weighted by molar-refractivity contribution is 7.12. The lowest BCUT2D eigenvalue weighted by Gasteiger charge is -2.08. The highest BCUT2D eigenvalue weighted by Gasteiger charge is 2.28. The first-order chi connectivity index (χ1) is 10.7. The van der Waals surface area contributed by atoms with Crippen molar-refractivity contribution in [1.29, 1.82) is 5.26 Å². The third-order valence-electron chi connectivity index (χ3n) is 3.82. The van der Waals surface area contributed by atoms with Crippen molar-refractivity contribution in [2.75, 3.05) is 0 Å². The standard InChI is InChI=1S/C17H15N3OS/c1-3-11-8-9-22-16(11)15(21)12(10-18)17-19-13-6-4-5-7-14(13)20(17)2/h4-9,12H,3H2,1-2H3. The van der Waals surface area contributed by atoms with Crippen molar-refractivity contribution >= 4 is 28.2 Å². The molecule has 2 aromatic heterocycles. The van der Waals surface area contributed by atoms with Gasteiger partial charge in [0.05, 0.1) is 22.0 Å². The zero-order valence-electron chi connectivity index (χ0n) is 12.4. The number of aryl methyl sites for hydroxylation is 2. The molecule has 3 rings (SSSR count). The van der Waals surface area contributed by atoms with Gasteiger partial charge in [-0.3, -0.25) is 4.79 Å². The van der Waals surface area contributed by atoms with Gasteiger partial charge in [-0.15, -0.1) is 11.3 Å². The molecular formula is C17H15N3OS. The van der Waals surface area contributed by atoms with E-state index >= 15 is 0 Å². The van der Waals surface area contributed by atoms with Crippen LogP contribution in [0.1, 0.15) is 33.9 Å². The number of carbonyl (C=O) groups excluding carboxylic acids is 1. The maximum atomic E-state index is 12.8. The topological polar surface area (TPSA) is 58.7 Å². The number of rotatable bonds is 4. The lowest BCUT2D eigenvalue weighted by molar-refractivity contribution is 0.0978. The molecule has 0 radical (unpaired) electrons. The van der Waals surface area contributed by atoms with Crippen LogP contribution in [-0.2, 0) is 13.5 Å². The van der Waals surface area contributed by atoms with Crippen molar-refractivity contribution in [2.24, 2.45) is 7.05 Å². The molecule has 0 N–H and O–H groups in total. The van der Waals surface area contributed by atoms with Crippen molar-refractivity contribution in [1.82, 2.24) is 9.55 Å². The molecule has 1 atom stereocenters. The zero-order valence-corrected chi connectivity index (χ0v) is 13.2. The van der Waals surface area contributed by atoms with Crippen LogP contribution < -0.4 is 0 Å². The number of ketones is 1. The van der Waals surface area contributed by atoms with Gasteiger partial charge in [-0.1, -0.05) is 19.1 Å². The predicted octanol–water partition coefficient (Wildman–Crippen LogP) is 3.69. The zero-order chi connectivity index (χ0) is 15.7. The SMILES string of the molecule is CCc1ccsc1C(=O)C(C#N)c1nc2ccccc2n1C. The van der Waals surface area contributed by atoms with Gasteiger partial charge >= 0.3 is 0 Å². The van der Waals surface area contributed by atoms with Crippen LogP contribution in [0.5, 0.6) is 0 Å². The summed E-state index contributed by atoms with van der Waals surface area (Å²) in [5, 5.41) is 11.4. The monoisotopic (exact) mass is 309 g/mol. The lowest BCUT2D eigenvalue weighted by Crippen LogP contribution is -2.15. The summed E-state index contributed by atoms with van der Waals surface area (Å²) < 4.78 is 1.83. The summed E-state index contributed by atoms with van der Waals surface area (Å²) in [6.07, 6.45) is 0.783. The number of aromatic nitrogens is 2. The molecule has 1 unspecified atom stereocenters. The number of nitrogens with zero attached hydrogens (tertiary/aromatic N) is 3. The van der Waals surface area contributed by atoms with E-state index in [0.717, 1.165) is 23.0 Å². The van der Waals surface area contributed by atoms with E-state index < -0.39 is 5.92 Å². The summed E-state index contributed by atoms with van der Waals surface area (Å²) in [4.78, 5) is 17.9. The van der Waals surface area contributed by atoms with Crippen LogP contribution in [0.15, 0.2) is 35.7 Å². The molecule has 4 nitrogen and oxygen atoms in total. The Hall–Kier alpha value is -2.45. The van der Waals surface area contributed by atoms with Gasteiger partial charge in [0.15, 0.2) is 11.7 Å². The maximum absolute atomic E-state index is 12.8. The minimum Gasteiger partial charge on any atom is -0.330 e. The van der Waals surface area contributed by atoms with Gasteiger partial charge in [0.1, 0.15) is 5.82 Å². The first-order valence-corrected chi connectivity index (χ1v) is 7.96. The number of para-hydroxylation sites is 2. The Morgan fingerprint density at radius 2 is 2.18 bits per heavy atom. The molecule has 0 aliphatic carbocycles. The van der Waals surface area contributed by atoms with Gasteiger partial charge in [-0.2, -0.15) is 5.26 Å². The van der Waals surface area contributed by atoms with Crippen LogP contribution >= 0.6 is 11.3 Å². The average Bonchev–Trinajstić information content (AvgIpc) is 3.14. The van der Waals surface area contributed by atoms with Crippen molar-refractivity contribution in [3.63, 3.8) is 0 Å². The molecule has 0 bridgehead atoms. The Morgan fingerprint density at radius 3 is 2.86 bits per heavy atom. The van der Waals surface area contributed by atoms with Gasteiger partial charge in [-0.25, -0.2) is 4.98 Å². The Balaban J connectivity index is 2.09. The first kappa shape index (κ1) is 14.5. The van der Waals surface area contributed by atoms with Crippen LogP contribution in [-0.4, -0.2) is 15.3 Å². The van der Waals surface area contributed by atoms with Crippen molar-refractivity contribution in [2.45, 2.75) is 19.3 Å². The summed E-state index contributed by atoms with van der Waals surface area (Å²) in [7, 11) is 1.84. The number of carbonyl (C=O) groups is 1. The summed E-state index contributed by atoms with van der Waals surface area (Å²) in [5.41, 5.74) is 2.72. The Kier molecular flexibility index (Phi) is 3.78. The lowest BCUT2D eigenvalue weighted by atomic mass is 10.0. The number of nitriles is 1. The quantitative estimate of drug-likeness (QED) is 0.691. The van der Waals surface area contributed by atoms with Crippen molar-refractivity contribution in [3.05, 3.63) is 52.0 Å². The number of Topliss-reactive ketones (excluding diaryl/α,β-unsaturated/α-hetero) is 1. The molecule has 3 aromatic rings. The number of imidazole rings is 1. The summed E-state index contributed by atoms with van der Waals surface area (Å²) >= 11 is 1.40. The van der Waals surface area contributed by atoms with Gasteiger partial charge in [-0.05, 0) is 35.6 Å². The van der Waals surface area contributed by atoms with Gasteiger partial charge in [0, 0.05) is 7.05 Å². The molecule has 1 aromatic carbocycles. The van der Waals surface area contributed by atoms with Gasteiger partial charge in [0.25, 0.3) is 0 Å². The van der Waals surface area contributed by atoms with Crippen molar-refractivity contribution in [3.8, 4) is 6.07 Å². The molecule has 22 heavy (non-hydrogen) atoms. The molecule has 0 amide bonds. The summed E-state index contributed by atoms with van der Waals surface area (Å²) in [6.45, 7) is 2.01. The number of thiophene rings is 1. The van der Waals surface area contributed by atoms with E-state index in [0.29, 0.717) is 10.7 Å². The number of fused-ring (bicyclic) bond motifs is 1. The first-order valence-electron chi connectivity index (χ1n) is 7.09. The smallest absolute Gasteiger partial charge is 0.197 e. The fourth-order valence-electron chi connectivity index (χ4n) is 2.62. The molecule has 0 spiro atoms. The third kappa shape index (κ3) is 2.22. The number of hydrogen-bond acceptors (Lipinski definition) is 4. The predicted molar refractivity (Wildman–Crippen MR) is 87.1 cm³/mol. The molecule has 0 aliphatic heterocycles. The molecule has 0 saturated heterocycles. The summed E-state index contributed by atoms with van der Waals surface area (Å²) in [5.74, 6) is -0.529. The minimum absolute atomic E-state index is 0.159. The minimum atomic E-state index is -0.874. The second-order valence-corrected chi connectivity index (χ2v) is 5.99. The molecule has 5 heteroatoms. The van der Waals surface area contributed by atoms with E-state index in [2.05, 4.69) is 11.1 Å². The van der Waals surface area contributed by atoms with Crippen LogP contribution in [0.2, 0.25) is 0 Å². The Labute approximate surface area is 132 Å². The van der Waals surface area contributed by atoms with E-state index in [1.54, 1.807) is 0 Å².